The molecule has 1 aromatic heterocycles. The summed E-state index contributed by atoms with van der Waals surface area (Å²) in [5.74, 6) is -0.630. The highest BCUT2D eigenvalue weighted by molar-refractivity contribution is 6.36. The van der Waals surface area contributed by atoms with Gasteiger partial charge in [-0.25, -0.2) is 4.90 Å². The maximum Gasteiger partial charge on any atom is 0.265 e. The minimum Gasteiger partial charge on any atom is -0.456 e. The van der Waals surface area contributed by atoms with Gasteiger partial charge in [0, 0.05) is 33.4 Å². The number of hydrogen-bond donors (Lipinski definition) is 0. The van der Waals surface area contributed by atoms with Crippen LogP contribution in [0.2, 0.25) is 0 Å². The maximum atomic E-state index is 13.2. The monoisotopic (exact) mass is 363 g/mol. The van der Waals surface area contributed by atoms with E-state index < -0.39 is 0 Å². The van der Waals surface area contributed by atoms with Crippen LogP contribution in [0, 0.1) is 0 Å². The van der Waals surface area contributed by atoms with Gasteiger partial charge in [-0.05, 0) is 35.7 Å². The lowest BCUT2D eigenvalue weighted by Crippen LogP contribution is -2.40. The van der Waals surface area contributed by atoms with E-state index in [4.69, 9.17) is 4.42 Å². The molecule has 4 aromatic carbocycles. The first kappa shape index (κ1) is 15.2. The topological polar surface area (TPSA) is 50.5 Å². The van der Waals surface area contributed by atoms with Gasteiger partial charge < -0.3 is 4.42 Å². The lowest BCUT2D eigenvalue weighted by Gasteiger charge is -2.27. The zero-order chi connectivity index (χ0) is 18.8. The largest absolute Gasteiger partial charge is 0.456 e. The lowest BCUT2D eigenvalue weighted by atomic mass is 9.93. The second-order valence-electron chi connectivity index (χ2n) is 6.93. The molecule has 0 bridgehead atoms. The molecule has 0 radical (unpaired) electrons. The van der Waals surface area contributed by atoms with Crippen LogP contribution in [0.3, 0.4) is 0 Å². The molecule has 5 aromatic rings. The van der Waals surface area contributed by atoms with Crippen LogP contribution in [0.5, 0.6) is 0 Å². The Balaban J connectivity index is 1.58. The van der Waals surface area contributed by atoms with E-state index in [1.807, 2.05) is 54.6 Å². The van der Waals surface area contributed by atoms with Crippen molar-refractivity contribution in [3.63, 3.8) is 0 Å². The Morgan fingerprint density at radius 2 is 1.32 bits per heavy atom. The molecule has 2 heterocycles. The van der Waals surface area contributed by atoms with E-state index in [0.717, 1.165) is 27.1 Å². The zero-order valence-electron chi connectivity index (χ0n) is 14.7. The van der Waals surface area contributed by atoms with Gasteiger partial charge in [0.15, 0.2) is 0 Å². The Morgan fingerprint density at radius 3 is 2.07 bits per heavy atom. The number of para-hydroxylation sites is 1. The molecule has 0 atom stereocenters. The molecule has 0 fully saturated rings. The smallest absolute Gasteiger partial charge is 0.265 e. The van der Waals surface area contributed by atoms with Gasteiger partial charge in [-0.1, -0.05) is 42.5 Å². The van der Waals surface area contributed by atoms with Crippen LogP contribution in [-0.4, -0.2) is 11.8 Å². The zero-order valence-corrected chi connectivity index (χ0v) is 14.7. The molecule has 4 nitrogen and oxygen atoms in total. The number of furan rings is 1. The Labute approximate surface area is 159 Å². The molecule has 0 saturated heterocycles. The van der Waals surface area contributed by atoms with Crippen LogP contribution in [-0.2, 0) is 0 Å². The van der Waals surface area contributed by atoms with E-state index in [-0.39, 0.29) is 11.8 Å². The van der Waals surface area contributed by atoms with Crippen molar-refractivity contribution in [1.82, 2.24) is 0 Å². The van der Waals surface area contributed by atoms with E-state index in [2.05, 4.69) is 0 Å². The molecule has 0 spiro atoms. The first-order valence-electron chi connectivity index (χ1n) is 9.04. The summed E-state index contributed by atoms with van der Waals surface area (Å²) in [6, 6.07) is 24.3. The van der Waals surface area contributed by atoms with Gasteiger partial charge in [0.2, 0.25) is 0 Å². The Kier molecular flexibility index (Phi) is 2.87. The van der Waals surface area contributed by atoms with E-state index in [1.54, 1.807) is 24.3 Å². The summed E-state index contributed by atoms with van der Waals surface area (Å²) in [6.45, 7) is 0. The highest BCUT2D eigenvalue weighted by Gasteiger charge is 2.34. The van der Waals surface area contributed by atoms with Crippen LogP contribution < -0.4 is 4.90 Å². The quantitative estimate of drug-likeness (QED) is 0.367. The predicted molar refractivity (Wildman–Crippen MR) is 109 cm³/mol. The second kappa shape index (κ2) is 5.30. The molecule has 0 unspecified atom stereocenters. The molecule has 0 saturated carbocycles. The number of amides is 2. The van der Waals surface area contributed by atoms with Crippen LogP contribution in [0.15, 0.2) is 83.3 Å². The molecular weight excluding hydrogens is 350 g/mol. The predicted octanol–water partition coefficient (Wildman–Crippen LogP) is 5.54. The Hall–Kier alpha value is -3.92. The third-order valence-corrected chi connectivity index (χ3v) is 5.39. The number of carbonyl (C=O) groups is 2. The molecule has 1 aliphatic heterocycles. The van der Waals surface area contributed by atoms with Crippen molar-refractivity contribution < 1.29 is 14.0 Å². The summed E-state index contributed by atoms with van der Waals surface area (Å²) >= 11 is 0. The average Bonchev–Trinajstić information content (AvgIpc) is 3.10. The van der Waals surface area contributed by atoms with Gasteiger partial charge >= 0.3 is 0 Å². The van der Waals surface area contributed by atoms with Crippen LogP contribution in [0.4, 0.5) is 5.69 Å². The third-order valence-electron chi connectivity index (χ3n) is 5.39. The number of benzene rings is 4. The minimum absolute atomic E-state index is 0.315. The summed E-state index contributed by atoms with van der Waals surface area (Å²) in [5.41, 5.74) is 3.01. The molecule has 132 valence electrons. The van der Waals surface area contributed by atoms with Crippen molar-refractivity contribution in [2.24, 2.45) is 0 Å². The number of hydrogen-bond acceptors (Lipinski definition) is 3. The lowest BCUT2D eigenvalue weighted by molar-refractivity contribution is 0.0893. The SMILES string of the molecule is O=C1c2cccc3cccc(c23)C(=O)N1c1ccc2c(c1)oc1ccccc12. The standard InChI is InChI=1S/C24H13NO3/c26-23-18-8-3-5-14-6-4-9-19(22(14)18)24(27)25(23)15-11-12-17-16-7-1-2-10-20(16)28-21(17)13-15/h1-13H. The molecule has 4 heteroatoms. The molecule has 2 amide bonds. The van der Waals surface area contributed by atoms with E-state index in [9.17, 15) is 9.59 Å². The van der Waals surface area contributed by atoms with E-state index in [0.29, 0.717) is 22.4 Å². The van der Waals surface area contributed by atoms with Crippen molar-refractivity contribution in [3.05, 3.63) is 90.0 Å². The minimum atomic E-state index is -0.315. The number of carbonyl (C=O) groups excluding carboxylic acids is 2. The number of fused-ring (bicyclic) bond motifs is 3. The van der Waals surface area contributed by atoms with Crippen molar-refractivity contribution >= 4 is 50.2 Å². The van der Waals surface area contributed by atoms with Gasteiger partial charge in [-0.15, -0.1) is 0 Å². The van der Waals surface area contributed by atoms with Crippen LogP contribution >= 0.6 is 0 Å². The van der Waals surface area contributed by atoms with Gasteiger partial charge in [-0.2, -0.15) is 0 Å². The number of imide groups is 1. The fourth-order valence-corrected chi connectivity index (χ4v) is 4.12. The van der Waals surface area contributed by atoms with Crippen molar-refractivity contribution in [1.29, 1.82) is 0 Å². The fraction of sp³-hybridized carbons (Fsp3) is 0. The van der Waals surface area contributed by atoms with Crippen LogP contribution in [0.25, 0.3) is 32.7 Å². The summed E-state index contributed by atoms with van der Waals surface area (Å²) in [5, 5.41) is 3.58. The Bertz CT molecular complexity index is 1410. The van der Waals surface area contributed by atoms with E-state index in [1.165, 1.54) is 4.90 Å². The highest BCUT2D eigenvalue weighted by atomic mass is 16.3. The number of anilines is 1. The normalized spacial score (nSPS) is 13.8. The molecule has 28 heavy (non-hydrogen) atoms. The molecule has 0 aliphatic carbocycles. The number of rotatable bonds is 1. The summed E-state index contributed by atoms with van der Waals surface area (Å²) < 4.78 is 5.93. The number of nitrogens with zero attached hydrogens (tertiary/aromatic N) is 1. The summed E-state index contributed by atoms with van der Waals surface area (Å²) in [7, 11) is 0. The molecule has 1 aliphatic rings. The van der Waals surface area contributed by atoms with Crippen LogP contribution in [0.1, 0.15) is 20.7 Å². The van der Waals surface area contributed by atoms with Crippen molar-refractivity contribution in [2.45, 2.75) is 0 Å². The van der Waals surface area contributed by atoms with Gasteiger partial charge in [-0.3, -0.25) is 9.59 Å². The van der Waals surface area contributed by atoms with Gasteiger partial charge in [0.25, 0.3) is 11.8 Å². The van der Waals surface area contributed by atoms with Gasteiger partial charge in [0.1, 0.15) is 11.2 Å². The summed E-state index contributed by atoms with van der Waals surface area (Å²) in [4.78, 5) is 27.6. The average molecular weight is 363 g/mol. The third kappa shape index (κ3) is 1.89. The maximum absolute atomic E-state index is 13.2. The second-order valence-corrected chi connectivity index (χ2v) is 6.93. The summed E-state index contributed by atoms with van der Waals surface area (Å²) in [6.07, 6.45) is 0. The first-order chi connectivity index (χ1) is 13.7. The fourth-order valence-electron chi connectivity index (χ4n) is 4.12. The molecule has 0 N–H and O–H groups in total. The van der Waals surface area contributed by atoms with Crippen molar-refractivity contribution in [2.75, 3.05) is 4.90 Å². The molecular formula is C24H13NO3. The highest BCUT2D eigenvalue weighted by Crippen LogP contribution is 2.36. The first-order valence-corrected chi connectivity index (χ1v) is 9.04. The Morgan fingerprint density at radius 1 is 0.643 bits per heavy atom. The molecule has 6 rings (SSSR count). The van der Waals surface area contributed by atoms with Crippen molar-refractivity contribution in [3.8, 4) is 0 Å². The van der Waals surface area contributed by atoms with Gasteiger partial charge in [0.05, 0.1) is 5.69 Å². The van der Waals surface area contributed by atoms with E-state index >= 15 is 0 Å².